The van der Waals surface area contributed by atoms with Gasteiger partial charge in [0.25, 0.3) is 5.91 Å². The summed E-state index contributed by atoms with van der Waals surface area (Å²) >= 11 is 1.58. The summed E-state index contributed by atoms with van der Waals surface area (Å²) in [6, 6.07) is 17.8. The Hall–Kier alpha value is -2.77. The highest BCUT2D eigenvalue weighted by Crippen LogP contribution is 2.32. The molecule has 0 bridgehead atoms. The minimum Gasteiger partial charge on any atom is -0.496 e. The van der Waals surface area contributed by atoms with Gasteiger partial charge in [-0.15, -0.1) is 11.8 Å². The maximum Gasteiger partial charge on any atom is 0.252 e. The predicted octanol–water partition coefficient (Wildman–Crippen LogP) is 4.85. The summed E-state index contributed by atoms with van der Waals surface area (Å²) in [6.45, 7) is 4.49. The number of carbonyl (C=O) groups excluding carboxylic acids is 1. The maximum atomic E-state index is 13.2. The van der Waals surface area contributed by atoms with Crippen LogP contribution in [0.5, 0.6) is 5.75 Å². The van der Waals surface area contributed by atoms with Gasteiger partial charge in [0.15, 0.2) is 0 Å². The first kappa shape index (κ1) is 22.4. The number of nitrogens with zero attached hydrogens (tertiary/aromatic N) is 2. The molecule has 1 saturated heterocycles. The molecule has 0 aliphatic carbocycles. The first-order chi connectivity index (χ1) is 15.7. The SMILES string of the molecule is COc1ccccc1C(CNC(=O)c1ccccc1SCc1cc(C)no1)N1CCCC1. The highest BCUT2D eigenvalue weighted by molar-refractivity contribution is 7.98. The van der Waals surface area contributed by atoms with Crippen LogP contribution in [0.15, 0.2) is 64.0 Å². The van der Waals surface area contributed by atoms with Gasteiger partial charge in [-0.05, 0) is 51.1 Å². The van der Waals surface area contributed by atoms with E-state index in [0.717, 1.165) is 40.8 Å². The fourth-order valence-electron chi connectivity index (χ4n) is 4.13. The van der Waals surface area contributed by atoms with E-state index in [9.17, 15) is 4.79 Å². The van der Waals surface area contributed by atoms with Crippen molar-refractivity contribution in [3.8, 4) is 5.75 Å². The first-order valence-corrected chi connectivity index (χ1v) is 11.9. The van der Waals surface area contributed by atoms with E-state index in [0.29, 0.717) is 17.9 Å². The van der Waals surface area contributed by atoms with E-state index in [4.69, 9.17) is 9.26 Å². The summed E-state index contributed by atoms with van der Waals surface area (Å²) < 4.78 is 10.9. The van der Waals surface area contributed by atoms with Crippen LogP contribution in [0.3, 0.4) is 0 Å². The third-order valence-corrected chi connectivity index (χ3v) is 6.81. The van der Waals surface area contributed by atoms with Gasteiger partial charge in [-0.3, -0.25) is 9.69 Å². The van der Waals surface area contributed by atoms with Crippen molar-refractivity contribution < 1.29 is 14.1 Å². The topological polar surface area (TPSA) is 67.6 Å². The molecule has 1 aromatic heterocycles. The van der Waals surface area contributed by atoms with Gasteiger partial charge in [-0.2, -0.15) is 0 Å². The number of rotatable bonds is 9. The fraction of sp³-hybridized carbons (Fsp3) is 0.360. The molecular formula is C25H29N3O3S. The second kappa shape index (κ2) is 10.7. The van der Waals surface area contributed by atoms with Gasteiger partial charge in [0.1, 0.15) is 11.5 Å². The molecule has 6 nitrogen and oxygen atoms in total. The quantitative estimate of drug-likeness (QED) is 0.469. The predicted molar refractivity (Wildman–Crippen MR) is 126 cm³/mol. The number of ether oxygens (including phenoxy) is 1. The number of likely N-dealkylation sites (tertiary alicyclic amines) is 1. The van der Waals surface area contributed by atoms with E-state index in [1.165, 1.54) is 12.8 Å². The molecule has 1 unspecified atom stereocenters. The second-order valence-corrected chi connectivity index (χ2v) is 8.95. The minimum absolute atomic E-state index is 0.0686. The number of hydrogen-bond acceptors (Lipinski definition) is 6. The lowest BCUT2D eigenvalue weighted by Gasteiger charge is -2.29. The number of benzene rings is 2. The average Bonchev–Trinajstić information content (AvgIpc) is 3.50. The lowest BCUT2D eigenvalue weighted by molar-refractivity contribution is 0.0934. The normalized spacial score (nSPS) is 14.9. The van der Waals surface area contributed by atoms with Gasteiger partial charge in [-0.25, -0.2) is 0 Å². The van der Waals surface area contributed by atoms with Crippen molar-refractivity contribution in [3.05, 3.63) is 77.2 Å². The second-order valence-electron chi connectivity index (χ2n) is 7.93. The lowest BCUT2D eigenvalue weighted by Crippen LogP contribution is -2.37. The Morgan fingerprint density at radius 3 is 2.69 bits per heavy atom. The molecule has 2 aromatic carbocycles. The largest absolute Gasteiger partial charge is 0.496 e. The summed E-state index contributed by atoms with van der Waals surface area (Å²) in [5, 5.41) is 7.12. The molecule has 1 fully saturated rings. The number of methoxy groups -OCH3 is 1. The van der Waals surface area contributed by atoms with E-state index in [1.807, 2.05) is 55.5 Å². The van der Waals surface area contributed by atoms with E-state index >= 15 is 0 Å². The first-order valence-electron chi connectivity index (χ1n) is 10.9. The van der Waals surface area contributed by atoms with Crippen LogP contribution in [-0.2, 0) is 5.75 Å². The molecule has 0 spiro atoms. The van der Waals surface area contributed by atoms with Gasteiger partial charge < -0.3 is 14.6 Å². The van der Waals surface area contributed by atoms with Crippen LogP contribution in [0.4, 0.5) is 0 Å². The Labute approximate surface area is 193 Å². The number of thioether (sulfide) groups is 1. The number of carbonyl (C=O) groups is 1. The average molecular weight is 452 g/mol. The van der Waals surface area contributed by atoms with E-state index in [-0.39, 0.29) is 11.9 Å². The monoisotopic (exact) mass is 451 g/mol. The summed E-state index contributed by atoms with van der Waals surface area (Å²) in [7, 11) is 1.70. The van der Waals surface area contributed by atoms with Crippen molar-refractivity contribution in [1.29, 1.82) is 0 Å². The lowest BCUT2D eigenvalue weighted by atomic mass is 10.0. The van der Waals surface area contributed by atoms with Gasteiger partial charge in [0.2, 0.25) is 0 Å². The molecule has 0 radical (unpaired) electrons. The summed E-state index contributed by atoms with van der Waals surface area (Å²) in [6.07, 6.45) is 2.36. The number of amides is 1. The Bertz CT molecular complexity index is 1050. The summed E-state index contributed by atoms with van der Waals surface area (Å²) in [5.74, 6) is 2.22. The molecule has 4 rings (SSSR count). The molecule has 1 aliphatic rings. The number of nitrogens with one attached hydrogen (secondary N) is 1. The Morgan fingerprint density at radius 2 is 1.94 bits per heavy atom. The van der Waals surface area contributed by atoms with Crippen molar-refractivity contribution in [2.45, 2.75) is 36.5 Å². The number of hydrogen-bond donors (Lipinski definition) is 1. The maximum absolute atomic E-state index is 13.2. The van der Waals surface area contributed by atoms with Crippen LogP contribution in [0.2, 0.25) is 0 Å². The molecular weight excluding hydrogens is 422 g/mol. The van der Waals surface area contributed by atoms with Gasteiger partial charge in [0.05, 0.1) is 30.2 Å². The van der Waals surface area contributed by atoms with Gasteiger partial charge in [-0.1, -0.05) is 35.5 Å². The van der Waals surface area contributed by atoms with Crippen LogP contribution in [0.1, 0.15) is 46.3 Å². The summed E-state index contributed by atoms with van der Waals surface area (Å²) in [5.41, 5.74) is 2.64. The molecule has 7 heteroatoms. The zero-order valence-electron chi connectivity index (χ0n) is 18.5. The molecule has 32 heavy (non-hydrogen) atoms. The Morgan fingerprint density at radius 1 is 1.19 bits per heavy atom. The number of aryl methyl sites for hydroxylation is 1. The number of para-hydroxylation sites is 1. The number of aromatic nitrogens is 1. The van der Waals surface area contributed by atoms with Gasteiger partial charge in [0, 0.05) is 23.1 Å². The highest BCUT2D eigenvalue weighted by Gasteiger charge is 2.26. The van der Waals surface area contributed by atoms with E-state index < -0.39 is 0 Å². The zero-order chi connectivity index (χ0) is 22.3. The van der Waals surface area contributed by atoms with Crippen LogP contribution in [0.25, 0.3) is 0 Å². The van der Waals surface area contributed by atoms with Crippen LogP contribution in [-0.4, -0.2) is 42.7 Å². The van der Waals surface area contributed by atoms with Crippen LogP contribution in [0, 0.1) is 6.92 Å². The van der Waals surface area contributed by atoms with Crippen molar-refractivity contribution in [2.24, 2.45) is 0 Å². The Kier molecular flexibility index (Phi) is 7.50. The van der Waals surface area contributed by atoms with Crippen LogP contribution >= 0.6 is 11.8 Å². The van der Waals surface area contributed by atoms with Crippen LogP contribution < -0.4 is 10.1 Å². The molecule has 1 amide bonds. The minimum atomic E-state index is -0.0686. The standard InChI is InChI=1S/C25H29N3O3S/c1-18-15-19(31-27-18)17-32-24-12-6-4-10-21(24)25(29)26-16-22(28-13-7-8-14-28)20-9-3-5-11-23(20)30-2/h3-6,9-12,15,22H,7-8,13-14,16-17H2,1-2H3,(H,26,29). The highest BCUT2D eigenvalue weighted by atomic mass is 32.2. The van der Waals surface area contributed by atoms with Crippen molar-refractivity contribution in [2.75, 3.05) is 26.7 Å². The molecule has 1 N–H and O–H groups in total. The summed E-state index contributed by atoms with van der Waals surface area (Å²) in [4.78, 5) is 16.5. The molecule has 3 aromatic rings. The molecule has 1 atom stereocenters. The van der Waals surface area contributed by atoms with E-state index in [2.05, 4.69) is 21.4 Å². The fourth-order valence-corrected chi connectivity index (χ4v) is 5.05. The third-order valence-electron chi connectivity index (χ3n) is 5.71. The third kappa shape index (κ3) is 5.34. The van der Waals surface area contributed by atoms with Gasteiger partial charge >= 0.3 is 0 Å². The van der Waals surface area contributed by atoms with Crippen molar-refractivity contribution >= 4 is 17.7 Å². The van der Waals surface area contributed by atoms with E-state index in [1.54, 1.807) is 18.9 Å². The smallest absolute Gasteiger partial charge is 0.252 e. The molecule has 0 saturated carbocycles. The molecule has 168 valence electrons. The molecule has 1 aliphatic heterocycles. The zero-order valence-corrected chi connectivity index (χ0v) is 19.4. The van der Waals surface area contributed by atoms with Crippen molar-refractivity contribution in [3.63, 3.8) is 0 Å². The van der Waals surface area contributed by atoms with Crippen molar-refractivity contribution in [1.82, 2.24) is 15.4 Å². The molecule has 2 heterocycles. The Balaban J connectivity index is 1.47.